The van der Waals surface area contributed by atoms with Gasteiger partial charge in [-0.3, -0.25) is 4.79 Å². The fourth-order valence-corrected chi connectivity index (χ4v) is 3.53. The van der Waals surface area contributed by atoms with Gasteiger partial charge < -0.3 is 19.9 Å². The van der Waals surface area contributed by atoms with Gasteiger partial charge in [0.05, 0.1) is 11.4 Å². The van der Waals surface area contributed by atoms with Gasteiger partial charge in [-0.05, 0) is 23.8 Å². The maximum absolute atomic E-state index is 11.3. The Labute approximate surface area is 182 Å². The molecule has 8 heteroatoms. The smallest absolute Gasteiger partial charge is 0.229 e. The molecule has 0 aliphatic carbocycles. The summed E-state index contributed by atoms with van der Waals surface area (Å²) in [6.45, 7) is 1.22. The number of fused-ring (bicyclic) bond motifs is 1. The standard InChI is InChI=1S/C21H27N5OS2/c1-25(2)17-6-3-15(4-7-17)18-12-26-11-16(5-8-20(26)24-18)19(13-28)22-9-10-23-21(27)14-29/h3-8,11-12,19,22,28-29H,9-10,13-14H2,1-2H3,(H,23,27). The fourth-order valence-electron chi connectivity index (χ4n) is 3.08. The Hall–Kier alpha value is -2.16. The van der Waals surface area contributed by atoms with Crippen molar-refractivity contribution >= 4 is 42.5 Å². The number of carbonyl (C=O) groups is 1. The Kier molecular flexibility index (Phi) is 7.46. The first-order chi connectivity index (χ1) is 14.0. The normalized spacial score (nSPS) is 12.1. The predicted molar refractivity (Wildman–Crippen MR) is 126 cm³/mol. The summed E-state index contributed by atoms with van der Waals surface area (Å²) >= 11 is 8.43. The molecule has 0 aliphatic heterocycles. The Balaban J connectivity index is 1.72. The number of imidazole rings is 1. The first-order valence-corrected chi connectivity index (χ1v) is 10.8. The minimum Gasteiger partial charge on any atom is -0.378 e. The molecule has 2 aromatic heterocycles. The van der Waals surface area contributed by atoms with Crippen molar-refractivity contribution in [2.45, 2.75) is 6.04 Å². The summed E-state index contributed by atoms with van der Waals surface area (Å²) in [7, 11) is 4.06. The Morgan fingerprint density at radius 3 is 2.52 bits per heavy atom. The molecule has 1 unspecified atom stereocenters. The van der Waals surface area contributed by atoms with Crippen molar-refractivity contribution in [1.82, 2.24) is 20.0 Å². The van der Waals surface area contributed by atoms with Gasteiger partial charge in [0.1, 0.15) is 5.65 Å². The third-order valence-corrected chi connectivity index (χ3v) is 5.37. The van der Waals surface area contributed by atoms with Gasteiger partial charge in [-0.2, -0.15) is 25.3 Å². The zero-order valence-electron chi connectivity index (χ0n) is 16.7. The summed E-state index contributed by atoms with van der Waals surface area (Å²) in [6, 6.07) is 12.6. The average Bonchev–Trinajstić information content (AvgIpc) is 3.17. The van der Waals surface area contributed by atoms with Gasteiger partial charge in [-0.25, -0.2) is 4.98 Å². The largest absolute Gasteiger partial charge is 0.378 e. The van der Waals surface area contributed by atoms with Crippen molar-refractivity contribution < 1.29 is 4.79 Å². The number of hydrogen-bond donors (Lipinski definition) is 4. The van der Waals surface area contributed by atoms with Crippen LogP contribution in [-0.2, 0) is 4.79 Å². The van der Waals surface area contributed by atoms with Crippen LogP contribution in [0.4, 0.5) is 5.69 Å². The van der Waals surface area contributed by atoms with Crippen LogP contribution in [0.3, 0.4) is 0 Å². The number of pyridine rings is 1. The van der Waals surface area contributed by atoms with Crippen molar-refractivity contribution in [2.24, 2.45) is 0 Å². The third kappa shape index (κ3) is 5.46. The molecule has 0 bridgehead atoms. The van der Waals surface area contributed by atoms with Crippen LogP contribution in [0.25, 0.3) is 16.9 Å². The highest BCUT2D eigenvalue weighted by molar-refractivity contribution is 7.81. The van der Waals surface area contributed by atoms with Crippen molar-refractivity contribution in [3.05, 3.63) is 54.4 Å². The predicted octanol–water partition coefficient (Wildman–Crippen LogP) is 2.67. The van der Waals surface area contributed by atoms with E-state index in [1.807, 2.05) is 30.8 Å². The Bertz CT molecular complexity index is 955. The van der Waals surface area contributed by atoms with E-state index in [1.54, 1.807) is 0 Å². The molecule has 0 saturated heterocycles. The van der Waals surface area contributed by atoms with E-state index in [0.717, 1.165) is 28.2 Å². The van der Waals surface area contributed by atoms with E-state index in [9.17, 15) is 4.79 Å². The lowest BCUT2D eigenvalue weighted by Gasteiger charge is -2.17. The molecule has 0 aliphatic rings. The molecular weight excluding hydrogens is 402 g/mol. The van der Waals surface area contributed by atoms with Gasteiger partial charge in [0.25, 0.3) is 0 Å². The molecule has 1 atom stereocenters. The van der Waals surface area contributed by atoms with Crippen LogP contribution in [0.5, 0.6) is 0 Å². The zero-order valence-corrected chi connectivity index (χ0v) is 18.5. The topological polar surface area (TPSA) is 61.7 Å². The maximum Gasteiger partial charge on any atom is 0.229 e. The van der Waals surface area contributed by atoms with E-state index in [0.29, 0.717) is 18.8 Å². The molecule has 0 fully saturated rings. The molecule has 2 N–H and O–H groups in total. The Morgan fingerprint density at radius 1 is 1.10 bits per heavy atom. The van der Waals surface area contributed by atoms with Gasteiger partial charge >= 0.3 is 0 Å². The van der Waals surface area contributed by atoms with Crippen molar-refractivity contribution in [2.75, 3.05) is 43.6 Å². The van der Waals surface area contributed by atoms with Gasteiger partial charge in [0.2, 0.25) is 5.91 Å². The van der Waals surface area contributed by atoms with Crippen LogP contribution in [0.1, 0.15) is 11.6 Å². The number of anilines is 1. The molecule has 3 aromatic rings. The third-order valence-electron chi connectivity index (χ3n) is 4.72. The van der Waals surface area contributed by atoms with E-state index in [4.69, 9.17) is 4.98 Å². The van der Waals surface area contributed by atoms with Crippen LogP contribution in [0.15, 0.2) is 48.8 Å². The SMILES string of the molecule is CN(C)c1ccc(-c2cn3cc(C(CS)NCCNC(=O)CS)ccc3n2)cc1. The van der Waals surface area contributed by atoms with Crippen LogP contribution in [0, 0.1) is 0 Å². The molecule has 1 aromatic carbocycles. The second kappa shape index (κ2) is 10.0. The van der Waals surface area contributed by atoms with Gasteiger partial charge in [-0.15, -0.1) is 0 Å². The molecule has 0 saturated carbocycles. The number of hydrogen-bond acceptors (Lipinski definition) is 6. The van der Waals surface area contributed by atoms with Crippen molar-refractivity contribution in [3.8, 4) is 11.3 Å². The van der Waals surface area contributed by atoms with Crippen molar-refractivity contribution in [3.63, 3.8) is 0 Å². The highest BCUT2D eigenvalue weighted by atomic mass is 32.1. The number of carbonyl (C=O) groups excluding carboxylic acids is 1. The molecule has 29 heavy (non-hydrogen) atoms. The van der Waals surface area contributed by atoms with Crippen LogP contribution < -0.4 is 15.5 Å². The first-order valence-electron chi connectivity index (χ1n) is 9.50. The summed E-state index contributed by atoms with van der Waals surface area (Å²) in [4.78, 5) is 18.1. The lowest BCUT2D eigenvalue weighted by Crippen LogP contribution is -2.34. The van der Waals surface area contributed by atoms with Crippen LogP contribution >= 0.6 is 25.3 Å². The van der Waals surface area contributed by atoms with Crippen molar-refractivity contribution in [1.29, 1.82) is 0 Å². The molecule has 0 radical (unpaired) electrons. The quantitative estimate of drug-likeness (QED) is 0.312. The lowest BCUT2D eigenvalue weighted by molar-refractivity contribution is -0.118. The second-order valence-electron chi connectivity index (χ2n) is 6.99. The number of benzene rings is 1. The number of thiol groups is 2. The van der Waals surface area contributed by atoms with E-state index in [2.05, 4.69) is 77.3 Å². The van der Waals surface area contributed by atoms with E-state index >= 15 is 0 Å². The number of nitrogens with one attached hydrogen (secondary N) is 2. The lowest BCUT2D eigenvalue weighted by atomic mass is 10.1. The second-order valence-corrected chi connectivity index (χ2v) is 7.67. The highest BCUT2D eigenvalue weighted by Crippen LogP contribution is 2.23. The monoisotopic (exact) mass is 429 g/mol. The maximum atomic E-state index is 11.3. The fraction of sp³-hybridized carbons (Fsp3) is 0.333. The molecule has 6 nitrogen and oxygen atoms in total. The molecular formula is C21H27N5OS2. The van der Waals surface area contributed by atoms with Crippen LogP contribution in [0.2, 0.25) is 0 Å². The average molecular weight is 430 g/mol. The first kappa shape index (κ1) is 21.5. The van der Waals surface area contributed by atoms with E-state index in [1.165, 1.54) is 0 Å². The zero-order chi connectivity index (χ0) is 20.8. The summed E-state index contributed by atoms with van der Waals surface area (Å²) < 4.78 is 2.05. The number of nitrogens with zero attached hydrogens (tertiary/aromatic N) is 3. The van der Waals surface area contributed by atoms with Gasteiger partial charge in [0, 0.05) is 62.6 Å². The number of aromatic nitrogens is 2. The Morgan fingerprint density at radius 2 is 1.86 bits per heavy atom. The number of rotatable bonds is 9. The summed E-state index contributed by atoms with van der Waals surface area (Å²) in [6.07, 6.45) is 4.13. The number of amides is 1. The molecule has 2 heterocycles. The molecule has 154 valence electrons. The van der Waals surface area contributed by atoms with E-state index in [-0.39, 0.29) is 17.7 Å². The minimum absolute atomic E-state index is 0.0662. The van der Waals surface area contributed by atoms with Gasteiger partial charge in [-0.1, -0.05) is 18.2 Å². The minimum atomic E-state index is -0.0662. The summed E-state index contributed by atoms with van der Waals surface area (Å²) in [5, 5.41) is 6.23. The highest BCUT2D eigenvalue weighted by Gasteiger charge is 2.12. The summed E-state index contributed by atoms with van der Waals surface area (Å²) in [5.41, 5.74) is 5.22. The van der Waals surface area contributed by atoms with E-state index < -0.39 is 0 Å². The molecule has 3 rings (SSSR count). The summed E-state index contributed by atoms with van der Waals surface area (Å²) in [5.74, 6) is 0.788. The van der Waals surface area contributed by atoms with Crippen LogP contribution in [-0.4, -0.2) is 54.0 Å². The molecule has 0 spiro atoms. The van der Waals surface area contributed by atoms with Gasteiger partial charge in [0.15, 0.2) is 0 Å². The molecule has 1 amide bonds.